The highest BCUT2D eigenvalue weighted by molar-refractivity contribution is 5.91. The van der Waals surface area contributed by atoms with Gasteiger partial charge in [0.25, 0.3) is 0 Å². The molecule has 0 spiro atoms. The van der Waals surface area contributed by atoms with E-state index in [1.54, 1.807) is 32.0 Å². The Morgan fingerprint density at radius 2 is 1.97 bits per heavy atom. The van der Waals surface area contributed by atoms with Crippen molar-refractivity contribution < 1.29 is 33.3 Å². The van der Waals surface area contributed by atoms with Gasteiger partial charge in [0.1, 0.15) is 29.3 Å². The second-order valence-electron chi connectivity index (χ2n) is 9.06. The average molecular weight is 431 g/mol. The van der Waals surface area contributed by atoms with E-state index in [1.165, 1.54) is 7.11 Å². The van der Waals surface area contributed by atoms with Crippen LogP contribution < -0.4 is 0 Å². The summed E-state index contributed by atoms with van der Waals surface area (Å²) >= 11 is 0. The fourth-order valence-corrected chi connectivity index (χ4v) is 5.22. The number of fused-ring (bicyclic) bond motifs is 2. The Kier molecular flexibility index (Phi) is 5.15. The molecule has 8 nitrogen and oxygen atoms in total. The first-order valence-corrected chi connectivity index (χ1v) is 10.3. The summed E-state index contributed by atoms with van der Waals surface area (Å²) in [5, 5.41) is 11.5. The molecule has 0 saturated carbocycles. The van der Waals surface area contributed by atoms with E-state index >= 15 is 0 Å². The first kappa shape index (κ1) is 21.8. The molecule has 0 unspecified atom stereocenters. The van der Waals surface area contributed by atoms with Crippen LogP contribution >= 0.6 is 0 Å². The second kappa shape index (κ2) is 7.32. The van der Waals surface area contributed by atoms with Gasteiger partial charge in [0.05, 0.1) is 25.2 Å². The molecule has 1 aromatic rings. The molecule has 2 saturated heterocycles. The molecule has 3 aliphatic heterocycles. The fraction of sp³-hybridized carbons (Fsp3) is 0.565. The van der Waals surface area contributed by atoms with E-state index in [0.29, 0.717) is 17.1 Å². The summed E-state index contributed by atoms with van der Waals surface area (Å²) < 4.78 is 22.9. The first-order valence-electron chi connectivity index (χ1n) is 10.3. The number of likely N-dealkylation sites (N-methyl/N-ethyl adjacent to an activating group) is 1. The van der Waals surface area contributed by atoms with Crippen molar-refractivity contribution >= 4 is 11.9 Å². The molecule has 8 heteroatoms. The molecule has 168 valence electrons. The van der Waals surface area contributed by atoms with Crippen LogP contribution in [0.25, 0.3) is 0 Å². The van der Waals surface area contributed by atoms with Gasteiger partial charge in [0.2, 0.25) is 5.60 Å². The maximum atomic E-state index is 13.1. The summed E-state index contributed by atoms with van der Waals surface area (Å²) in [5.41, 5.74) is 0.411. The lowest BCUT2D eigenvalue weighted by molar-refractivity contribution is -0.160. The number of furan rings is 1. The molecule has 7 atom stereocenters. The third-order valence-corrected chi connectivity index (χ3v) is 6.71. The average Bonchev–Trinajstić information content (AvgIpc) is 3.17. The van der Waals surface area contributed by atoms with Gasteiger partial charge >= 0.3 is 11.9 Å². The van der Waals surface area contributed by atoms with Crippen LogP contribution in [0.15, 0.2) is 34.8 Å². The molecule has 1 N–H and O–H groups in total. The highest BCUT2D eigenvalue weighted by Crippen LogP contribution is 2.55. The van der Waals surface area contributed by atoms with Gasteiger partial charge in [-0.15, -0.1) is 0 Å². The van der Waals surface area contributed by atoms with Gasteiger partial charge in [-0.05, 0) is 34.0 Å². The third kappa shape index (κ3) is 3.08. The molecule has 4 heterocycles. The summed E-state index contributed by atoms with van der Waals surface area (Å²) in [5.74, 6) is -1.24. The van der Waals surface area contributed by atoms with Gasteiger partial charge in [-0.3, -0.25) is 0 Å². The van der Waals surface area contributed by atoms with Gasteiger partial charge < -0.3 is 28.6 Å². The van der Waals surface area contributed by atoms with Crippen LogP contribution in [0.1, 0.15) is 41.6 Å². The summed E-state index contributed by atoms with van der Waals surface area (Å²) in [7, 11) is 4.86. The number of methoxy groups -OCH3 is 1. The monoisotopic (exact) mass is 431 g/mol. The Balaban J connectivity index is 1.93. The molecule has 1 aromatic heterocycles. The van der Waals surface area contributed by atoms with E-state index in [-0.39, 0.29) is 17.9 Å². The van der Waals surface area contributed by atoms with Crippen LogP contribution in [0, 0.1) is 5.92 Å². The van der Waals surface area contributed by atoms with E-state index < -0.39 is 47.8 Å². The van der Waals surface area contributed by atoms with Crippen LogP contribution in [0.2, 0.25) is 0 Å². The number of epoxide rings is 1. The van der Waals surface area contributed by atoms with Crippen molar-refractivity contribution in [1.29, 1.82) is 0 Å². The highest BCUT2D eigenvalue weighted by atomic mass is 16.7. The van der Waals surface area contributed by atoms with E-state index in [4.69, 9.17) is 18.6 Å². The Morgan fingerprint density at radius 3 is 2.48 bits per heavy atom. The summed E-state index contributed by atoms with van der Waals surface area (Å²) in [6, 6.07) is 0.886. The Hall–Kier alpha value is -2.42. The third-order valence-electron chi connectivity index (χ3n) is 6.71. The molecule has 0 aliphatic carbocycles. The maximum Gasteiger partial charge on any atom is 0.343 e. The lowest BCUT2D eigenvalue weighted by Crippen LogP contribution is -2.55. The fourth-order valence-electron chi connectivity index (χ4n) is 5.22. The number of rotatable bonds is 4. The number of hydrogen-bond acceptors (Lipinski definition) is 8. The van der Waals surface area contributed by atoms with Crippen molar-refractivity contribution in [3.8, 4) is 0 Å². The normalized spacial score (nSPS) is 36.3. The van der Waals surface area contributed by atoms with Crippen molar-refractivity contribution in [2.45, 2.75) is 56.1 Å². The number of carbonyl (C=O) groups excluding carboxylic acids is 2. The van der Waals surface area contributed by atoms with Crippen LogP contribution in [-0.4, -0.2) is 73.1 Å². The number of aliphatic hydroxyl groups excluding tert-OH is 1. The van der Waals surface area contributed by atoms with Crippen LogP contribution in [-0.2, 0) is 25.4 Å². The molecule has 4 bridgehead atoms. The molecule has 2 fully saturated rings. The Morgan fingerprint density at radius 1 is 1.29 bits per heavy atom. The van der Waals surface area contributed by atoms with Gasteiger partial charge in [-0.1, -0.05) is 24.3 Å². The van der Waals surface area contributed by atoms with Crippen molar-refractivity contribution in [1.82, 2.24) is 4.90 Å². The summed E-state index contributed by atoms with van der Waals surface area (Å²) in [6.07, 6.45) is -1.95. The maximum absolute atomic E-state index is 13.1. The van der Waals surface area contributed by atoms with Gasteiger partial charge in [-0.25, -0.2) is 9.59 Å². The number of carbonyl (C=O) groups is 2. The minimum atomic E-state index is -1.27. The minimum Gasteiger partial charge on any atom is -0.465 e. The zero-order chi connectivity index (χ0) is 22.8. The highest BCUT2D eigenvalue weighted by Gasteiger charge is 2.79. The smallest absolute Gasteiger partial charge is 0.343 e. The van der Waals surface area contributed by atoms with Crippen molar-refractivity contribution in [2.24, 2.45) is 5.92 Å². The van der Waals surface area contributed by atoms with Crippen LogP contribution in [0.4, 0.5) is 0 Å². The lowest BCUT2D eigenvalue weighted by atomic mass is 9.79. The van der Waals surface area contributed by atoms with Crippen LogP contribution in [0.3, 0.4) is 0 Å². The zero-order valence-electron chi connectivity index (χ0n) is 18.5. The molecule has 3 aliphatic rings. The Bertz CT molecular complexity index is 963. The van der Waals surface area contributed by atoms with Crippen LogP contribution in [0.5, 0.6) is 0 Å². The molecular formula is C23H29NO7. The van der Waals surface area contributed by atoms with Gasteiger partial charge in [0, 0.05) is 12.3 Å². The number of esters is 2. The quantitative estimate of drug-likeness (QED) is 0.438. The molecule has 0 amide bonds. The number of nitrogens with zero attached hydrogens (tertiary/aromatic N) is 1. The van der Waals surface area contributed by atoms with E-state index in [1.807, 2.05) is 6.92 Å². The number of ether oxygens (including phenoxy) is 3. The second-order valence-corrected chi connectivity index (χ2v) is 9.06. The topological polar surface area (TPSA) is 102 Å². The first-order chi connectivity index (χ1) is 14.5. The largest absolute Gasteiger partial charge is 0.465 e. The predicted molar refractivity (Wildman–Crippen MR) is 111 cm³/mol. The summed E-state index contributed by atoms with van der Waals surface area (Å²) in [6.45, 7) is 11.7. The van der Waals surface area contributed by atoms with E-state index in [9.17, 15) is 14.7 Å². The zero-order valence-corrected chi connectivity index (χ0v) is 18.5. The molecule has 31 heavy (non-hydrogen) atoms. The minimum absolute atomic E-state index is 0.275. The molecular weight excluding hydrogens is 402 g/mol. The Labute approximate surface area is 181 Å². The summed E-state index contributed by atoms with van der Waals surface area (Å²) in [4.78, 5) is 27.3. The molecule has 0 aromatic carbocycles. The predicted octanol–water partition coefficient (Wildman–Crippen LogP) is 1.83. The van der Waals surface area contributed by atoms with E-state index in [2.05, 4.69) is 13.2 Å². The molecule has 0 radical (unpaired) electrons. The van der Waals surface area contributed by atoms with Crippen molar-refractivity contribution in [3.05, 3.63) is 47.5 Å². The van der Waals surface area contributed by atoms with Crippen molar-refractivity contribution in [2.75, 3.05) is 21.2 Å². The van der Waals surface area contributed by atoms with E-state index in [0.717, 1.165) is 5.57 Å². The SMILES string of the molecule is C=C(C)[C@H]1Cc2oc(cc2C(=O)OC)[C@H](C(=C)C)[C@H](O)[C@H](N(C)C)[C@]23O[C@H]2[C@@H]1OC3=O. The lowest BCUT2D eigenvalue weighted by Gasteiger charge is -2.35. The number of aliphatic hydroxyl groups is 1. The standard InChI is InChI=1S/C23H29NO7/c1-10(2)12-8-14-13(21(26)28-7)9-15(29-14)16(11(3)4)17(25)19(24(5)6)23-20(31-23)18(12)30-22(23)27/h9,12,16-20,25H,1,3,8H2,2,4-7H3/t12-,16+,17+,18-,19+,20+,23+/m1/s1. The van der Waals surface area contributed by atoms with Crippen molar-refractivity contribution in [3.63, 3.8) is 0 Å². The van der Waals surface area contributed by atoms with Gasteiger partial charge in [-0.2, -0.15) is 0 Å². The van der Waals surface area contributed by atoms with Gasteiger partial charge in [0.15, 0.2) is 0 Å². The molecule has 4 rings (SSSR count). The number of hydrogen-bond donors (Lipinski definition) is 1.